The van der Waals surface area contributed by atoms with E-state index in [1.54, 1.807) is 31.3 Å². The first-order valence-electron chi connectivity index (χ1n) is 10.9. The van der Waals surface area contributed by atoms with Crippen LogP contribution >= 0.6 is 11.3 Å². The van der Waals surface area contributed by atoms with E-state index >= 15 is 0 Å². The molecular weight excluding hydrogens is 454 g/mol. The molecule has 9 nitrogen and oxygen atoms in total. The van der Waals surface area contributed by atoms with Crippen LogP contribution in [0.15, 0.2) is 36.7 Å². The van der Waals surface area contributed by atoms with Gasteiger partial charge < -0.3 is 24.7 Å². The van der Waals surface area contributed by atoms with Crippen LogP contribution in [0.3, 0.4) is 0 Å². The topological polar surface area (TPSA) is 120 Å². The van der Waals surface area contributed by atoms with E-state index in [1.165, 1.54) is 11.3 Å². The molecule has 3 heterocycles. The summed E-state index contributed by atoms with van der Waals surface area (Å²) in [6, 6.07) is 9.80. The van der Waals surface area contributed by atoms with Gasteiger partial charge in [0, 0.05) is 30.2 Å². The molecule has 0 saturated heterocycles. The third-order valence-corrected chi connectivity index (χ3v) is 6.81. The molecule has 1 aromatic carbocycles. The minimum atomic E-state index is -0.500. The number of rotatable bonds is 7. The Hall–Kier alpha value is -3.84. The number of ether oxygens (including phenoxy) is 2. The molecule has 2 amide bonds. The number of nitriles is 1. The van der Waals surface area contributed by atoms with E-state index in [2.05, 4.69) is 21.4 Å². The summed E-state index contributed by atoms with van der Waals surface area (Å²) in [6.45, 7) is 2.52. The second kappa shape index (κ2) is 10.4. The first-order valence-corrected chi connectivity index (χ1v) is 11.7. The minimum absolute atomic E-state index is 0.176. The third kappa shape index (κ3) is 5.05. The van der Waals surface area contributed by atoms with Gasteiger partial charge in [0.05, 0.1) is 19.2 Å². The number of aromatic nitrogens is 2. The number of hydrogen-bond acceptors (Lipinski definition) is 7. The van der Waals surface area contributed by atoms with Crippen molar-refractivity contribution in [2.45, 2.75) is 38.8 Å². The van der Waals surface area contributed by atoms with Gasteiger partial charge in [0.15, 0.2) is 6.10 Å². The van der Waals surface area contributed by atoms with Gasteiger partial charge in [-0.25, -0.2) is 9.78 Å². The number of fused-ring (bicyclic) bond motifs is 1. The van der Waals surface area contributed by atoms with Crippen molar-refractivity contribution in [3.05, 3.63) is 64.1 Å². The van der Waals surface area contributed by atoms with Crippen LogP contribution in [0.4, 0.5) is 9.80 Å². The highest BCUT2D eigenvalue weighted by atomic mass is 32.1. The van der Waals surface area contributed by atoms with Crippen LogP contribution in [0, 0.1) is 11.3 Å². The molecule has 1 atom stereocenters. The molecule has 0 fully saturated rings. The zero-order valence-corrected chi connectivity index (χ0v) is 19.8. The number of H-pyrrole nitrogens is 1. The van der Waals surface area contributed by atoms with Crippen molar-refractivity contribution >= 4 is 28.3 Å². The fourth-order valence-corrected chi connectivity index (χ4v) is 5.12. The summed E-state index contributed by atoms with van der Waals surface area (Å²) < 4.78 is 10.9. The molecule has 0 radical (unpaired) electrons. The van der Waals surface area contributed by atoms with Crippen LogP contribution in [-0.4, -0.2) is 40.5 Å². The van der Waals surface area contributed by atoms with Crippen molar-refractivity contribution in [2.24, 2.45) is 0 Å². The number of hydrogen-bond donors (Lipinski definition) is 2. The molecule has 2 aromatic heterocycles. The van der Waals surface area contributed by atoms with E-state index in [0.29, 0.717) is 42.3 Å². The number of aryl methyl sites for hydroxylation is 1. The van der Waals surface area contributed by atoms with Gasteiger partial charge in [0.25, 0.3) is 0 Å². The molecule has 0 bridgehead atoms. The number of carbonyl (C=O) groups excluding carboxylic acids is 2. The summed E-state index contributed by atoms with van der Waals surface area (Å²) in [4.78, 5) is 34.8. The molecule has 10 heteroatoms. The van der Waals surface area contributed by atoms with Crippen LogP contribution in [-0.2, 0) is 28.9 Å². The Morgan fingerprint density at radius 3 is 2.94 bits per heavy atom. The molecule has 176 valence electrons. The molecule has 2 N–H and O–H groups in total. The lowest BCUT2D eigenvalue weighted by Gasteiger charge is -2.27. The van der Waals surface area contributed by atoms with Gasteiger partial charge in [0.2, 0.25) is 5.91 Å². The standard InChI is InChI=1S/C24H25N5O4S/c1-15(22-26-10-11-27-22)33-24(31)29-12-9-17-18(13-25)23(34-20(17)14-29)28-21(30)8-7-16-5-3-4-6-19(16)32-2/h3-6,10-11,15H,7-9,12,14H2,1-2H3,(H,26,27)(H,28,30). The highest BCUT2D eigenvalue weighted by Gasteiger charge is 2.29. The van der Waals surface area contributed by atoms with Gasteiger partial charge in [-0.3, -0.25) is 4.79 Å². The SMILES string of the molecule is COc1ccccc1CCC(=O)Nc1sc2c(c1C#N)CCN(C(=O)OC(C)c1ncc[nH]1)C2. The van der Waals surface area contributed by atoms with E-state index in [0.717, 1.165) is 21.8 Å². The Kier molecular flexibility index (Phi) is 7.13. The van der Waals surface area contributed by atoms with Gasteiger partial charge >= 0.3 is 6.09 Å². The molecule has 1 aliphatic rings. The number of aromatic amines is 1. The van der Waals surface area contributed by atoms with Gasteiger partial charge in [0.1, 0.15) is 22.6 Å². The fourth-order valence-electron chi connectivity index (χ4n) is 3.89. The summed E-state index contributed by atoms with van der Waals surface area (Å²) in [5.74, 6) is 1.14. The van der Waals surface area contributed by atoms with Gasteiger partial charge in [-0.1, -0.05) is 18.2 Å². The lowest BCUT2D eigenvalue weighted by atomic mass is 10.0. The largest absolute Gasteiger partial charge is 0.496 e. The maximum Gasteiger partial charge on any atom is 0.410 e. The van der Waals surface area contributed by atoms with Crippen molar-refractivity contribution in [1.29, 1.82) is 5.26 Å². The highest BCUT2D eigenvalue weighted by molar-refractivity contribution is 7.16. The van der Waals surface area contributed by atoms with Crippen molar-refractivity contribution < 1.29 is 19.1 Å². The normalized spacial score (nSPS) is 13.5. The monoisotopic (exact) mass is 479 g/mol. The molecule has 4 rings (SSSR count). The Morgan fingerprint density at radius 1 is 1.38 bits per heavy atom. The predicted molar refractivity (Wildman–Crippen MR) is 127 cm³/mol. The van der Waals surface area contributed by atoms with Crippen molar-refractivity contribution in [3.63, 3.8) is 0 Å². The van der Waals surface area contributed by atoms with Crippen molar-refractivity contribution in [2.75, 3.05) is 19.0 Å². The maximum absolute atomic E-state index is 12.6. The molecule has 0 spiro atoms. The Labute approximate surface area is 201 Å². The van der Waals surface area contributed by atoms with Crippen LogP contribution in [0.25, 0.3) is 0 Å². The van der Waals surface area contributed by atoms with Crippen LogP contribution in [0.1, 0.15) is 46.8 Å². The zero-order chi connectivity index (χ0) is 24.1. The van der Waals surface area contributed by atoms with Crippen molar-refractivity contribution in [3.8, 4) is 11.8 Å². The van der Waals surface area contributed by atoms with Gasteiger partial charge in [-0.05, 0) is 37.0 Å². The van der Waals surface area contributed by atoms with Crippen LogP contribution < -0.4 is 10.1 Å². The van der Waals surface area contributed by atoms with E-state index in [-0.39, 0.29) is 12.3 Å². The average molecular weight is 480 g/mol. The summed E-state index contributed by atoms with van der Waals surface area (Å²) in [5, 5.41) is 13.1. The first-order chi connectivity index (χ1) is 16.5. The van der Waals surface area contributed by atoms with Crippen LogP contribution in [0.5, 0.6) is 5.75 Å². The van der Waals surface area contributed by atoms with Crippen LogP contribution in [0.2, 0.25) is 0 Å². The lowest BCUT2D eigenvalue weighted by Crippen LogP contribution is -2.36. The number of imidazole rings is 1. The molecular formula is C24H25N5O4S. The smallest absolute Gasteiger partial charge is 0.410 e. The maximum atomic E-state index is 12.6. The number of methoxy groups -OCH3 is 1. The molecule has 3 aromatic rings. The van der Waals surface area contributed by atoms with Gasteiger partial charge in [-0.2, -0.15) is 5.26 Å². The fraction of sp³-hybridized carbons (Fsp3) is 0.333. The molecule has 34 heavy (non-hydrogen) atoms. The summed E-state index contributed by atoms with van der Waals surface area (Å²) >= 11 is 1.33. The molecule has 0 aliphatic carbocycles. The Bertz CT molecular complexity index is 1210. The average Bonchev–Trinajstić information content (AvgIpc) is 3.50. The number of nitrogens with zero attached hydrogens (tertiary/aromatic N) is 3. The lowest BCUT2D eigenvalue weighted by molar-refractivity contribution is -0.116. The number of anilines is 1. The quantitative estimate of drug-likeness (QED) is 0.525. The molecule has 1 unspecified atom stereocenters. The second-order valence-corrected chi connectivity index (χ2v) is 8.96. The predicted octanol–water partition coefficient (Wildman–Crippen LogP) is 4.18. The van der Waals surface area contributed by atoms with Gasteiger partial charge in [-0.15, -0.1) is 11.3 Å². The Balaban J connectivity index is 1.39. The number of amides is 2. The zero-order valence-electron chi connectivity index (χ0n) is 19.0. The summed E-state index contributed by atoms with van der Waals surface area (Å²) in [7, 11) is 1.60. The number of thiophene rings is 1. The van der Waals surface area contributed by atoms with E-state index < -0.39 is 12.2 Å². The number of para-hydroxylation sites is 1. The highest BCUT2D eigenvalue weighted by Crippen LogP contribution is 2.37. The molecule has 1 aliphatic heterocycles. The van der Waals surface area contributed by atoms with Crippen molar-refractivity contribution in [1.82, 2.24) is 14.9 Å². The number of benzene rings is 1. The third-order valence-electron chi connectivity index (χ3n) is 5.68. The summed E-state index contributed by atoms with van der Waals surface area (Å²) in [5.41, 5.74) is 2.31. The first kappa shape index (κ1) is 23.3. The van der Waals surface area contributed by atoms with E-state index in [4.69, 9.17) is 9.47 Å². The van der Waals surface area contributed by atoms with E-state index in [1.807, 2.05) is 24.3 Å². The second-order valence-electron chi connectivity index (χ2n) is 7.85. The minimum Gasteiger partial charge on any atom is -0.496 e. The summed E-state index contributed by atoms with van der Waals surface area (Å²) in [6.07, 6.45) is 3.65. The molecule has 0 saturated carbocycles. The number of nitrogens with one attached hydrogen (secondary N) is 2. The Morgan fingerprint density at radius 2 is 2.21 bits per heavy atom. The number of carbonyl (C=O) groups is 2. The van der Waals surface area contributed by atoms with E-state index in [9.17, 15) is 14.9 Å².